The lowest BCUT2D eigenvalue weighted by Crippen LogP contribution is -2.23. The molecule has 244 valence electrons. The van der Waals surface area contributed by atoms with Crippen molar-refractivity contribution in [1.82, 2.24) is 15.0 Å². The quantitative estimate of drug-likeness (QED) is 0.137. The zero-order valence-electron chi connectivity index (χ0n) is 26.5. The van der Waals surface area contributed by atoms with Crippen LogP contribution >= 0.6 is 0 Å². The van der Waals surface area contributed by atoms with Gasteiger partial charge in [0.2, 0.25) is 0 Å². The average molecular weight is 684 g/mol. The maximum atomic E-state index is 14.1. The van der Waals surface area contributed by atoms with Gasteiger partial charge in [-0.05, 0) is 96.6 Å². The monoisotopic (exact) mass is 683 g/mol. The third kappa shape index (κ3) is 5.71. The van der Waals surface area contributed by atoms with E-state index in [0.717, 1.165) is 0 Å². The molecule has 0 fully saturated rings. The van der Waals surface area contributed by atoms with Crippen LogP contribution in [0, 0.1) is 68.6 Å². The summed E-state index contributed by atoms with van der Waals surface area (Å²) in [6.07, 6.45) is 0. The number of rotatable bonds is 4. The minimum atomic E-state index is -0.531. The van der Waals surface area contributed by atoms with Crippen molar-refractivity contribution in [3.05, 3.63) is 137 Å². The molecule has 0 aliphatic heterocycles. The summed E-state index contributed by atoms with van der Waals surface area (Å²) in [5.41, 5.74) is 1.56. The highest BCUT2D eigenvalue weighted by molar-refractivity contribution is 6.05. The van der Waals surface area contributed by atoms with Crippen LogP contribution in [0.5, 0.6) is 0 Å². The smallest absolute Gasteiger partial charge is 0.141 e. The number of nitrogens with zero attached hydrogens (tertiary/aromatic N) is 7. The Morgan fingerprint density at radius 3 is 1.13 bits per heavy atom. The van der Waals surface area contributed by atoms with E-state index in [1.54, 1.807) is 6.07 Å². The van der Waals surface area contributed by atoms with E-state index < -0.39 is 34.4 Å². The van der Waals surface area contributed by atoms with Crippen LogP contribution < -0.4 is 10.4 Å². The van der Waals surface area contributed by atoms with E-state index in [4.69, 9.17) is 15.0 Å². The Balaban J connectivity index is 1.79. The van der Waals surface area contributed by atoms with Crippen molar-refractivity contribution < 1.29 is 17.6 Å². The summed E-state index contributed by atoms with van der Waals surface area (Å²) in [4.78, 5) is 14.7. The van der Waals surface area contributed by atoms with Crippen LogP contribution in [-0.2, 0) is 0 Å². The van der Waals surface area contributed by atoms with Crippen LogP contribution in [0.3, 0.4) is 0 Å². The van der Waals surface area contributed by atoms with Crippen LogP contribution in [0.15, 0.2) is 103 Å². The van der Waals surface area contributed by atoms with Crippen LogP contribution in [0.1, 0.15) is 0 Å². The van der Waals surface area contributed by atoms with Gasteiger partial charge in [0.05, 0.1) is 27.8 Å². The van der Waals surface area contributed by atoms with Gasteiger partial charge >= 0.3 is 0 Å². The fourth-order valence-electron chi connectivity index (χ4n) is 5.98. The van der Waals surface area contributed by atoms with E-state index >= 15 is 0 Å². The van der Waals surface area contributed by atoms with Gasteiger partial charge < -0.3 is 0 Å². The van der Waals surface area contributed by atoms with E-state index in [2.05, 4.69) is 0 Å². The van der Waals surface area contributed by atoms with E-state index in [9.17, 15) is 38.6 Å². The molecule has 0 saturated heterocycles. The topological polar surface area (TPSA) is 134 Å². The van der Waals surface area contributed by atoms with Gasteiger partial charge in [-0.3, -0.25) is 0 Å². The number of benzene rings is 5. The lowest BCUT2D eigenvalue weighted by atomic mass is 9.94. The maximum Gasteiger partial charge on any atom is 0.141 e. The molecule has 11 heteroatoms. The Kier molecular flexibility index (Phi) is 8.38. The first-order valence-corrected chi connectivity index (χ1v) is 15.4. The van der Waals surface area contributed by atoms with Gasteiger partial charge in [0.15, 0.2) is 0 Å². The predicted molar refractivity (Wildman–Crippen MR) is 185 cm³/mol. The van der Waals surface area contributed by atoms with Crippen molar-refractivity contribution in [3.8, 4) is 69.2 Å². The average Bonchev–Trinajstić information content (AvgIpc) is 3.16. The Labute approximate surface area is 292 Å². The second-order valence-corrected chi connectivity index (χ2v) is 11.4. The summed E-state index contributed by atoms with van der Waals surface area (Å²) >= 11 is 0. The minimum Gasteiger partial charge on any atom is -0.246 e. The van der Waals surface area contributed by atoms with Gasteiger partial charge in [-0.25, -0.2) is 32.5 Å². The second-order valence-electron chi connectivity index (χ2n) is 11.4. The Morgan fingerprint density at radius 1 is 0.404 bits per heavy atom. The molecule has 52 heavy (non-hydrogen) atoms. The lowest BCUT2D eigenvalue weighted by molar-refractivity contribution is 0.627. The van der Waals surface area contributed by atoms with Crippen molar-refractivity contribution in [3.63, 3.8) is 0 Å². The number of fused-ring (bicyclic) bond motifs is 2. The summed E-state index contributed by atoms with van der Waals surface area (Å²) in [6, 6.07) is 30.6. The molecule has 0 atom stereocenters. The Morgan fingerprint density at radius 2 is 0.731 bits per heavy atom. The molecule has 0 amide bonds. The van der Waals surface area contributed by atoms with Gasteiger partial charge in [0, 0.05) is 32.9 Å². The van der Waals surface area contributed by atoms with Crippen LogP contribution in [-0.4, -0.2) is 15.0 Å². The molecular weight excluding hydrogens is 666 g/mol. The SMILES string of the molecule is N#CC(C#N)=c1c2cc(-c3ccc(F)cc3)c(-c3ccc(F)cc3)nc2c(=C(C#N)C#N)c2nc(-c3ccc(F)cc3)c(-c3ccc(F)cc3)nc12. The summed E-state index contributed by atoms with van der Waals surface area (Å²) in [6.45, 7) is 0. The minimum absolute atomic E-state index is 0.0114. The first-order valence-electron chi connectivity index (χ1n) is 15.4. The van der Waals surface area contributed by atoms with Crippen molar-refractivity contribution in [2.45, 2.75) is 0 Å². The summed E-state index contributed by atoms with van der Waals surface area (Å²) < 4.78 is 56.4. The Hall–Kier alpha value is -7.73. The molecule has 0 radical (unpaired) electrons. The molecule has 2 aromatic heterocycles. The van der Waals surface area contributed by atoms with E-state index in [0.29, 0.717) is 27.8 Å². The highest BCUT2D eigenvalue weighted by atomic mass is 19.1. The fraction of sp³-hybridized carbons (Fsp3) is 0. The molecule has 7 rings (SSSR count). The highest BCUT2D eigenvalue weighted by Crippen LogP contribution is 2.35. The molecular formula is C41H17F4N7. The van der Waals surface area contributed by atoms with Crippen LogP contribution in [0.4, 0.5) is 17.6 Å². The molecule has 0 unspecified atom stereocenters. The molecule has 7 nitrogen and oxygen atoms in total. The number of halogens is 4. The molecule has 0 aliphatic rings. The number of hydrogen-bond acceptors (Lipinski definition) is 7. The van der Waals surface area contributed by atoms with Crippen molar-refractivity contribution in [1.29, 1.82) is 21.0 Å². The first kappa shape index (κ1) is 32.8. The number of aromatic nitrogens is 3. The number of pyridine rings is 1. The van der Waals surface area contributed by atoms with Gasteiger partial charge in [-0.15, -0.1) is 0 Å². The molecule has 0 bridgehead atoms. The third-order valence-corrected chi connectivity index (χ3v) is 8.35. The van der Waals surface area contributed by atoms with Gasteiger partial charge in [-0.2, -0.15) is 21.0 Å². The summed E-state index contributed by atoms with van der Waals surface area (Å²) in [5, 5.41) is 41.1. The van der Waals surface area contributed by atoms with Crippen LogP contribution in [0.2, 0.25) is 0 Å². The molecule has 5 aromatic carbocycles. The molecule has 7 aromatic rings. The molecule has 0 aliphatic carbocycles. The van der Waals surface area contributed by atoms with Gasteiger partial charge in [0.25, 0.3) is 0 Å². The van der Waals surface area contributed by atoms with Gasteiger partial charge in [0.1, 0.15) is 69.7 Å². The lowest BCUT2D eigenvalue weighted by Gasteiger charge is -2.16. The molecule has 0 spiro atoms. The number of nitriles is 4. The molecule has 0 N–H and O–H groups in total. The van der Waals surface area contributed by atoms with Crippen molar-refractivity contribution >= 4 is 33.1 Å². The number of hydrogen-bond donors (Lipinski definition) is 0. The third-order valence-electron chi connectivity index (χ3n) is 8.35. The summed E-state index contributed by atoms with van der Waals surface area (Å²) in [5.74, 6) is -2.09. The first-order chi connectivity index (χ1) is 25.2. The van der Waals surface area contributed by atoms with Crippen molar-refractivity contribution in [2.75, 3.05) is 0 Å². The van der Waals surface area contributed by atoms with E-state index in [1.165, 1.54) is 97.1 Å². The van der Waals surface area contributed by atoms with E-state index in [-0.39, 0.29) is 49.5 Å². The second kappa shape index (κ2) is 13.3. The normalized spacial score (nSPS) is 10.6. The van der Waals surface area contributed by atoms with Gasteiger partial charge in [-0.1, -0.05) is 12.1 Å². The summed E-state index contributed by atoms with van der Waals surface area (Å²) in [7, 11) is 0. The predicted octanol–water partition coefficient (Wildman–Crippen LogP) is 7.80. The highest BCUT2D eigenvalue weighted by Gasteiger charge is 2.23. The Bertz CT molecular complexity index is 2500. The van der Waals surface area contributed by atoms with Crippen LogP contribution in [0.25, 0.3) is 78.0 Å². The largest absolute Gasteiger partial charge is 0.246 e. The zero-order valence-corrected chi connectivity index (χ0v) is 26.5. The standard InChI is InChI=1S/C41H17F4N7/c42-28-9-1-22(2-10-28)32-17-33-34(26(18-46)19-47)40-41(35(27(20-48)21-49)39(33)50-36(32)23-3-11-29(43)12-4-23)52-38(25-7-15-31(45)16-8-25)37(51-40)24-5-13-30(44)14-6-24/h1-17H. The molecule has 0 saturated carbocycles. The van der Waals surface area contributed by atoms with E-state index in [1.807, 2.05) is 24.3 Å². The van der Waals surface area contributed by atoms with Crippen molar-refractivity contribution in [2.24, 2.45) is 0 Å². The fourth-order valence-corrected chi connectivity index (χ4v) is 5.98. The zero-order chi connectivity index (χ0) is 36.5. The maximum absolute atomic E-state index is 14.1. The molecule has 2 heterocycles.